The number of carbonyl (C=O) groups excluding carboxylic acids is 1. The standard InChI is InChI=1S/C22H23ClN2O3/c1-27-20-15-16(14-18(23)22(20)28-2)8-9-21(26)24-11-5-12-25-13-10-17-6-3-4-7-19(17)25/h3-4,6-10,13-15H,5,11-12H2,1-2H3,(H,24,26)/b9-8+. The minimum absolute atomic E-state index is 0.150. The Bertz CT molecular complexity index is 995. The van der Waals surface area contributed by atoms with Gasteiger partial charge in [0.05, 0.1) is 19.2 Å². The van der Waals surface area contributed by atoms with Crippen molar-refractivity contribution in [1.82, 2.24) is 9.88 Å². The lowest BCUT2D eigenvalue weighted by atomic mass is 10.2. The van der Waals surface area contributed by atoms with E-state index in [0.717, 1.165) is 18.5 Å². The highest BCUT2D eigenvalue weighted by Crippen LogP contribution is 2.36. The third kappa shape index (κ3) is 4.67. The van der Waals surface area contributed by atoms with Crippen LogP contribution in [0.2, 0.25) is 5.02 Å². The molecule has 0 saturated heterocycles. The predicted molar refractivity (Wildman–Crippen MR) is 113 cm³/mol. The van der Waals surface area contributed by atoms with Crippen molar-refractivity contribution in [3.05, 3.63) is 65.3 Å². The summed E-state index contributed by atoms with van der Waals surface area (Å²) in [5.41, 5.74) is 1.97. The van der Waals surface area contributed by atoms with Crippen molar-refractivity contribution in [2.45, 2.75) is 13.0 Å². The topological polar surface area (TPSA) is 52.5 Å². The SMILES string of the molecule is COc1cc(/C=C/C(=O)NCCCn2ccc3ccccc32)cc(Cl)c1OC. The first kappa shape index (κ1) is 19.8. The number of amides is 1. The number of fused-ring (bicyclic) bond motifs is 1. The van der Waals surface area contributed by atoms with Crippen LogP contribution in [0.25, 0.3) is 17.0 Å². The predicted octanol–water partition coefficient (Wildman–Crippen LogP) is 4.53. The van der Waals surface area contributed by atoms with Crippen molar-refractivity contribution in [3.63, 3.8) is 0 Å². The molecule has 0 saturated carbocycles. The first-order chi connectivity index (χ1) is 13.6. The summed E-state index contributed by atoms with van der Waals surface area (Å²) in [7, 11) is 3.07. The van der Waals surface area contributed by atoms with Crippen molar-refractivity contribution in [2.75, 3.05) is 20.8 Å². The third-order valence-corrected chi connectivity index (χ3v) is 4.72. The van der Waals surface area contributed by atoms with E-state index in [1.807, 2.05) is 12.1 Å². The third-order valence-electron chi connectivity index (χ3n) is 4.44. The van der Waals surface area contributed by atoms with Gasteiger partial charge in [-0.25, -0.2) is 0 Å². The lowest BCUT2D eigenvalue weighted by Crippen LogP contribution is -2.23. The zero-order valence-corrected chi connectivity index (χ0v) is 16.7. The molecule has 1 N–H and O–H groups in total. The average Bonchev–Trinajstić information content (AvgIpc) is 3.12. The minimum Gasteiger partial charge on any atom is -0.493 e. The van der Waals surface area contributed by atoms with Crippen LogP contribution >= 0.6 is 11.6 Å². The maximum absolute atomic E-state index is 12.1. The van der Waals surface area contributed by atoms with Gasteiger partial charge in [-0.3, -0.25) is 4.79 Å². The van der Waals surface area contributed by atoms with Crippen LogP contribution in [0.3, 0.4) is 0 Å². The van der Waals surface area contributed by atoms with Gasteiger partial charge in [-0.2, -0.15) is 0 Å². The molecule has 0 atom stereocenters. The van der Waals surface area contributed by atoms with Gasteiger partial charge in [0.2, 0.25) is 5.91 Å². The average molecular weight is 399 g/mol. The smallest absolute Gasteiger partial charge is 0.244 e. The molecule has 0 radical (unpaired) electrons. The van der Waals surface area contributed by atoms with Gasteiger partial charge in [-0.05, 0) is 47.7 Å². The van der Waals surface area contributed by atoms with E-state index >= 15 is 0 Å². The summed E-state index contributed by atoms with van der Waals surface area (Å²) < 4.78 is 12.7. The molecule has 1 aromatic heterocycles. The van der Waals surface area contributed by atoms with Gasteiger partial charge in [-0.1, -0.05) is 29.8 Å². The quantitative estimate of drug-likeness (QED) is 0.448. The molecule has 0 bridgehead atoms. The summed E-state index contributed by atoms with van der Waals surface area (Å²) in [6, 6.07) is 13.9. The monoisotopic (exact) mass is 398 g/mol. The number of rotatable bonds is 8. The van der Waals surface area contributed by atoms with Crippen LogP contribution in [0.4, 0.5) is 0 Å². The number of hydrogen-bond acceptors (Lipinski definition) is 3. The highest BCUT2D eigenvalue weighted by molar-refractivity contribution is 6.32. The number of carbonyl (C=O) groups is 1. The van der Waals surface area contributed by atoms with Gasteiger partial charge in [-0.15, -0.1) is 0 Å². The zero-order chi connectivity index (χ0) is 19.9. The second-order valence-corrected chi connectivity index (χ2v) is 6.69. The van der Waals surface area contributed by atoms with Gasteiger partial charge < -0.3 is 19.4 Å². The number of hydrogen-bond donors (Lipinski definition) is 1. The number of para-hydroxylation sites is 1. The van der Waals surface area contributed by atoms with E-state index in [4.69, 9.17) is 21.1 Å². The Hall–Kier alpha value is -2.92. The molecule has 5 nitrogen and oxygen atoms in total. The molecule has 0 spiro atoms. The second kappa shape index (κ2) is 9.33. The Balaban J connectivity index is 1.51. The summed E-state index contributed by atoms with van der Waals surface area (Å²) in [5.74, 6) is 0.848. The van der Waals surface area contributed by atoms with E-state index in [9.17, 15) is 4.79 Å². The van der Waals surface area contributed by atoms with Crippen LogP contribution < -0.4 is 14.8 Å². The van der Waals surface area contributed by atoms with E-state index in [2.05, 4.69) is 34.3 Å². The van der Waals surface area contributed by atoms with Crippen LogP contribution in [0, 0.1) is 0 Å². The van der Waals surface area contributed by atoms with Crippen molar-refractivity contribution in [3.8, 4) is 11.5 Å². The van der Waals surface area contributed by atoms with E-state index in [1.165, 1.54) is 24.1 Å². The Morgan fingerprint density at radius 2 is 2.00 bits per heavy atom. The number of methoxy groups -OCH3 is 2. The Morgan fingerprint density at radius 1 is 1.18 bits per heavy atom. The fraction of sp³-hybridized carbons (Fsp3) is 0.227. The molecule has 2 aromatic carbocycles. The van der Waals surface area contributed by atoms with Crippen LogP contribution in [0.5, 0.6) is 11.5 Å². The van der Waals surface area contributed by atoms with Crippen molar-refractivity contribution in [1.29, 1.82) is 0 Å². The number of halogens is 1. The maximum atomic E-state index is 12.1. The lowest BCUT2D eigenvalue weighted by Gasteiger charge is -2.10. The molecule has 0 unspecified atom stereocenters. The molecule has 0 aliphatic rings. The number of aromatic nitrogens is 1. The molecular weight excluding hydrogens is 376 g/mol. The van der Waals surface area contributed by atoms with Crippen molar-refractivity contribution < 1.29 is 14.3 Å². The lowest BCUT2D eigenvalue weighted by molar-refractivity contribution is -0.116. The van der Waals surface area contributed by atoms with Crippen molar-refractivity contribution >= 4 is 34.5 Å². The number of nitrogens with one attached hydrogen (secondary N) is 1. The maximum Gasteiger partial charge on any atom is 0.244 e. The van der Waals surface area contributed by atoms with Gasteiger partial charge in [0.25, 0.3) is 0 Å². The van der Waals surface area contributed by atoms with E-state index in [1.54, 1.807) is 25.3 Å². The second-order valence-electron chi connectivity index (χ2n) is 6.28. The Morgan fingerprint density at radius 3 is 2.79 bits per heavy atom. The van der Waals surface area contributed by atoms with Gasteiger partial charge in [0.1, 0.15) is 0 Å². The summed E-state index contributed by atoms with van der Waals surface area (Å²) in [5, 5.41) is 4.56. The first-order valence-electron chi connectivity index (χ1n) is 9.03. The molecule has 0 aliphatic carbocycles. The molecule has 0 aliphatic heterocycles. The van der Waals surface area contributed by atoms with Crippen molar-refractivity contribution in [2.24, 2.45) is 0 Å². The highest BCUT2D eigenvalue weighted by Gasteiger charge is 2.09. The molecule has 146 valence electrons. The Labute approximate surface area is 169 Å². The largest absolute Gasteiger partial charge is 0.493 e. The summed E-state index contributed by atoms with van der Waals surface area (Å²) in [4.78, 5) is 12.1. The molecule has 1 heterocycles. The highest BCUT2D eigenvalue weighted by atomic mass is 35.5. The molecule has 3 aromatic rings. The molecule has 0 fully saturated rings. The van der Waals surface area contributed by atoms with Gasteiger partial charge in [0, 0.05) is 30.9 Å². The molecule has 3 rings (SSSR count). The van der Waals surface area contributed by atoms with Gasteiger partial charge >= 0.3 is 0 Å². The molecule has 28 heavy (non-hydrogen) atoms. The number of benzene rings is 2. The van der Waals surface area contributed by atoms with E-state index in [-0.39, 0.29) is 5.91 Å². The first-order valence-corrected chi connectivity index (χ1v) is 9.41. The van der Waals surface area contributed by atoms with Crippen LogP contribution in [-0.4, -0.2) is 31.2 Å². The Kier molecular flexibility index (Phi) is 6.61. The van der Waals surface area contributed by atoms with E-state index in [0.29, 0.717) is 23.1 Å². The van der Waals surface area contributed by atoms with E-state index < -0.39 is 0 Å². The fourth-order valence-electron chi connectivity index (χ4n) is 3.06. The summed E-state index contributed by atoms with van der Waals surface area (Å²) in [6.07, 6.45) is 6.11. The summed E-state index contributed by atoms with van der Waals surface area (Å²) >= 11 is 6.18. The van der Waals surface area contributed by atoms with Crippen LogP contribution in [-0.2, 0) is 11.3 Å². The number of nitrogens with zero attached hydrogens (tertiary/aromatic N) is 1. The molecule has 6 heteroatoms. The number of aryl methyl sites for hydroxylation is 1. The minimum atomic E-state index is -0.150. The van der Waals surface area contributed by atoms with Crippen LogP contribution in [0.15, 0.2) is 54.7 Å². The normalized spacial score (nSPS) is 11.1. The summed E-state index contributed by atoms with van der Waals surface area (Å²) in [6.45, 7) is 1.45. The number of ether oxygens (including phenoxy) is 2. The fourth-order valence-corrected chi connectivity index (χ4v) is 3.36. The van der Waals surface area contributed by atoms with Gasteiger partial charge in [0.15, 0.2) is 11.5 Å². The van der Waals surface area contributed by atoms with Crippen LogP contribution in [0.1, 0.15) is 12.0 Å². The molecule has 1 amide bonds. The molecular formula is C22H23ClN2O3. The zero-order valence-electron chi connectivity index (χ0n) is 15.9.